The Morgan fingerprint density at radius 3 is 2.47 bits per heavy atom. The van der Waals surface area contributed by atoms with Crippen LogP contribution in [-0.2, 0) is 9.16 Å². The van der Waals surface area contributed by atoms with Crippen molar-refractivity contribution < 1.29 is 23.4 Å². The van der Waals surface area contributed by atoms with Crippen LogP contribution in [0.25, 0.3) is 5.57 Å². The zero-order valence-corrected chi connectivity index (χ0v) is 28.7. The second-order valence-corrected chi connectivity index (χ2v) is 18.5. The van der Waals surface area contributed by atoms with Gasteiger partial charge >= 0.3 is 6.09 Å². The van der Waals surface area contributed by atoms with Crippen LogP contribution >= 0.6 is 11.6 Å². The van der Waals surface area contributed by atoms with Gasteiger partial charge in [0.15, 0.2) is 19.9 Å². The van der Waals surface area contributed by atoms with Crippen LogP contribution in [0.2, 0.25) is 23.2 Å². The molecule has 4 heterocycles. The summed E-state index contributed by atoms with van der Waals surface area (Å²) in [6.07, 6.45) is 1.79. The first-order valence-electron chi connectivity index (χ1n) is 14.6. The number of nitrogens with zero attached hydrogens (tertiary/aromatic N) is 4. The molecule has 0 saturated carbocycles. The summed E-state index contributed by atoms with van der Waals surface area (Å²) < 4.78 is 24.7. The quantitative estimate of drug-likeness (QED) is 0.329. The van der Waals surface area contributed by atoms with Crippen molar-refractivity contribution in [3.05, 3.63) is 28.4 Å². The number of aryl methyl sites for hydroxylation is 1. The van der Waals surface area contributed by atoms with Crippen molar-refractivity contribution in [2.75, 3.05) is 44.0 Å². The Bertz CT molecular complexity index is 1390. The number of hydrogen-bond acceptors (Lipinski definition) is 10. The number of nitrogens with one attached hydrogen (secondary N) is 2. The van der Waals surface area contributed by atoms with Gasteiger partial charge < -0.3 is 34.2 Å². The lowest BCUT2D eigenvalue weighted by atomic mass is 9.99. The lowest BCUT2D eigenvalue weighted by molar-refractivity contribution is 0.0196. The number of anilines is 3. The van der Waals surface area contributed by atoms with Gasteiger partial charge in [-0.2, -0.15) is 9.97 Å². The van der Waals surface area contributed by atoms with Crippen molar-refractivity contribution in [1.29, 1.82) is 0 Å². The van der Waals surface area contributed by atoms with Crippen LogP contribution in [0.5, 0.6) is 11.6 Å². The predicted molar refractivity (Wildman–Crippen MR) is 172 cm³/mol. The topological polar surface area (TPSA) is 120 Å². The minimum Gasteiger partial charge on any atom is -0.484 e. The van der Waals surface area contributed by atoms with Gasteiger partial charge in [-0.05, 0) is 57.8 Å². The largest absolute Gasteiger partial charge is 0.484 e. The second-order valence-electron chi connectivity index (χ2n) is 13.4. The molecule has 0 bridgehead atoms. The molecule has 0 aromatic carbocycles. The number of fused-ring (bicyclic) bond motifs is 1. The molecule has 1 unspecified atom stereocenters. The molecule has 0 spiro atoms. The summed E-state index contributed by atoms with van der Waals surface area (Å²) in [5.74, 6) is 2.12. The average molecular weight is 633 g/mol. The van der Waals surface area contributed by atoms with Gasteiger partial charge in [0.2, 0.25) is 5.95 Å². The van der Waals surface area contributed by atoms with Crippen molar-refractivity contribution in [2.24, 2.45) is 0 Å². The van der Waals surface area contributed by atoms with E-state index in [1.807, 2.05) is 39.8 Å². The van der Waals surface area contributed by atoms with Crippen LogP contribution in [0.15, 0.2) is 12.1 Å². The van der Waals surface area contributed by atoms with Gasteiger partial charge in [-0.1, -0.05) is 38.4 Å². The first kappa shape index (κ1) is 32.8. The van der Waals surface area contributed by atoms with Crippen LogP contribution in [0, 0.1) is 6.92 Å². The number of amides is 1. The molecule has 11 nitrogen and oxygen atoms in total. The maximum Gasteiger partial charge on any atom is 0.410 e. The third-order valence-electron chi connectivity index (χ3n) is 7.64. The maximum atomic E-state index is 13.3. The third kappa shape index (κ3) is 7.90. The molecule has 43 heavy (non-hydrogen) atoms. The number of hydrogen-bond donors (Lipinski definition) is 2. The zero-order chi connectivity index (χ0) is 31.7. The fraction of sp³-hybridized carbons (Fsp3) is 0.600. The Kier molecular flexibility index (Phi) is 9.53. The van der Waals surface area contributed by atoms with Crippen LogP contribution < -0.4 is 20.1 Å². The van der Waals surface area contributed by atoms with E-state index in [2.05, 4.69) is 59.5 Å². The molecule has 0 radical (unpaired) electrons. The van der Waals surface area contributed by atoms with E-state index in [-0.39, 0.29) is 11.1 Å². The fourth-order valence-electron chi connectivity index (χ4n) is 4.55. The van der Waals surface area contributed by atoms with E-state index in [1.165, 1.54) is 0 Å². The Labute approximate surface area is 260 Å². The van der Waals surface area contributed by atoms with E-state index >= 15 is 0 Å². The van der Waals surface area contributed by atoms with Crippen molar-refractivity contribution in [3.8, 4) is 11.6 Å². The highest BCUT2D eigenvalue weighted by molar-refractivity contribution is 6.74. The molecule has 4 rings (SSSR count). The molecule has 1 atom stereocenters. The third-order valence-corrected chi connectivity index (χ3v) is 12.5. The van der Waals surface area contributed by atoms with E-state index in [0.717, 1.165) is 11.3 Å². The Hall–Kier alpha value is -3.09. The molecule has 13 heteroatoms. The monoisotopic (exact) mass is 632 g/mol. The smallest absolute Gasteiger partial charge is 0.410 e. The summed E-state index contributed by atoms with van der Waals surface area (Å²) in [6, 6.07) is 1.84. The highest BCUT2D eigenvalue weighted by Crippen LogP contribution is 2.47. The molecule has 1 amide bonds. The SMILES string of the molecule is CNc1cc(C)nc(Nc2nc3c(c(C4=CCN(C(=O)OC(C)(C)C)CC(O[Si](C)(C)C(C)(C)C)C4)c2Cl)OCCO3)n1. The highest BCUT2D eigenvalue weighted by Gasteiger charge is 2.41. The van der Waals surface area contributed by atoms with Crippen LogP contribution in [0.4, 0.5) is 22.4 Å². The van der Waals surface area contributed by atoms with E-state index in [1.54, 1.807) is 11.9 Å². The van der Waals surface area contributed by atoms with E-state index in [0.29, 0.717) is 72.5 Å². The minimum atomic E-state index is -2.22. The van der Waals surface area contributed by atoms with Gasteiger partial charge in [-0.3, -0.25) is 0 Å². The molecular formula is C30H45ClN6O5Si. The Morgan fingerprint density at radius 2 is 1.81 bits per heavy atom. The normalized spacial score (nSPS) is 17.6. The Morgan fingerprint density at radius 1 is 1.12 bits per heavy atom. The first-order chi connectivity index (χ1) is 20.0. The Balaban J connectivity index is 1.79. The molecule has 0 aliphatic carbocycles. The van der Waals surface area contributed by atoms with Gasteiger partial charge in [0.25, 0.3) is 5.88 Å². The zero-order valence-electron chi connectivity index (χ0n) is 27.0. The van der Waals surface area contributed by atoms with E-state index in [9.17, 15) is 4.79 Å². The molecule has 2 aliphatic rings. The highest BCUT2D eigenvalue weighted by atomic mass is 35.5. The number of halogens is 1. The molecule has 0 fully saturated rings. The number of ether oxygens (including phenoxy) is 3. The van der Waals surface area contributed by atoms with E-state index in [4.69, 9.17) is 30.2 Å². The molecule has 2 aliphatic heterocycles. The number of carbonyl (C=O) groups is 1. The molecule has 0 saturated heterocycles. The number of rotatable bonds is 6. The van der Waals surface area contributed by atoms with Crippen LogP contribution in [0.3, 0.4) is 0 Å². The lowest BCUT2D eigenvalue weighted by Gasteiger charge is -2.40. The average Bonchev–Trinajstić information content (AvgIpc) is 3.09. The van der Waals surface area contributed by atoms with Crippen molar-refractivity contribution in [3.63, 3.8) is 0 Å². The molecule has 2 aromatic rings. The summed E-state index contributed by atoms with van der Waals surface area (Å²) in [7, 11) is -0.425. The standard InChI is InChI=1S/C30H45ClN6O5Si/c1-18-15-21(32-8)34-27(33-18)36-25-23(31)22(24-26(35-25)40-14-13-39-24)19-11-12-37(28(38)41-29(2,3)4)17-20(16-19)42-43(9,10)30(5,6)7/h11,15,20H,12-14,16-17H2,1-10H3,(H2,32,33,34,35,36). The van der Waals surface area contributed by atoms with Gasteiger partial charge in [-0.15, -0.1) is 0 Å². The van der Waals surface area contributed by atoms with Gasteiger partial charge in [0, 0.05) is 37.5 Å². The molecule has 2 aromatic heterocycles. The minimum absolute atomic E-state index is 0.0263. The van der Waals surface area contributed by atoms with Gasteiger partial charge in [0.1, 0.15) is 24.6 Å². The predicted octanol–water partition coefficient (Wildman–Crippen LogP) is 6.80. The summed E-state index contributed by atoms with van der Waals surface area (Å²) in [6.45, 7) is 19.9. The van der Waals surface area contributed by atoms with Gasteiger partial charge in [-0.25, -0.2) is 9.78 Å². The van der Waals surface area contributed by atoms with Crippen molar-refractivity contribution >= 4 is 49.2 Å². The lowest BCUT2D eigenvalue weighted by Crippen LogP contribution is -2.48. The van der Waals surface area contributed by atoms with E-state index < -0.39 is 20.0 Å². The molecular weight excluding hydrogens is 588 g/mol. The molecule has 236 valence electrons. The number of aromatic nitrogens is 3. The van der Waals surface area contributed by atoms with Crippen LogP contribution in [-0.4, -0.2) is 79.3 Å². The van der Waals surface area contributed by atoms with Crippen molar-refractivity contribution in [2.45, 2.75) is 84.7 Å². The second kappa shape index (κ2) is 12.5. The van der Waals surface area contributed by atoms with Crippen molar-refractivity contribution in [1.82, 2.24) is 19.9 Å². The summed E-state index contributed by atoms with van der Waals surface area (Å²) in [5, 5.41) is 6.53. The maximum absolute atomic E-state index is 13.3. The van der Waals surface area contributed by atoms with Gasteiger partial charge in [0.05, 0.1) is 11.1 Å². The molecule has 2 N–H and O–H groups in total. The summed E-state index contributed by atoms with van der Waals surface area (Å²) in [4.78, 5) is 28.6. The number of pyridine rings is 1. The summed E-state index contributed by atoms with van der Waals surface area (Å²) in [5.41, 5.74) is 1.66. The van der Waals surface area contributed by atoms with Crippen LogP contribution in [0.1, 0.15) is 59.2 Å². The fourth-order valence-corrected chi connectivity index (χ4v) is 6.20. The summed E-state index contributed by atoms with van der Waals surface area (Å²) >= 11 is 7.13. The first-order valence-corrected chi connectivity index (χ1v) is 17.9. The number of carbonyl (C=O) groups excluding carboxylic acids is 1.